The van der Waals surface area contributed by atoms with E-state index in [0.29, 0.717) is 17.8 Å². The molecular formula is C22H16N4O2. The van der Waals surface area contributed by atoms with Crippen molar-refractivity contribution >= 4 is 28.4 Å². The Labute approximate surface area is 161 Å². The molecule has 6 heteroatoms. The van der Waals surface area contributed by atoms with Gasteiger partial charge in [0.05, 0.1) is 21.9 Å². The van der Waals surface area contributed by atoms with Crippen LogP contribution in [0.5, 0.6) is 0 Å². The quantitative estimate of drug-likeness (QED) is 0.316. The van der Waals surface area contributed by atoms with Crippen molar-refractivity contribution < 1.29 is 4.92 Å². The minimum atomic E-state index is -0.430. The van der Waals surface area contributed by atoms with E-state index in [-0.39, 0.29) is 5.69 Å². The molecule has 3 aromatic rings. The third-order valence-corrected chi connectivity index (χ3v) is 4.71. The van der Waals surface area contributed by atoms with Gasteiger partial charge in [-0.25, -0.2) is 0 Å². The van der Waals surface area contributed by atoms with Gasteiger partial charge in [0, 0.05) is 29.6 Å². The molecule has 4 rings (SSSR count). The fourth-order valence-corrected chi connectivity index (χ4v) is 3.37. The molecule has 0 saturated heterocycles. The zero-order chi connectivity index (χ0) is 19.5. The van der Waals surface area contributed by atoms with Gasteiger partial charge in [0.1, 0.15) is 6.07 Å². The maximum atomic E-state index is 10.7. The fraction of sp³-hybridized carbons (Fsp3) is 0.0909. The maximum absolute atomic E-state index is 10.7. The summed E-state index contributed by atoms with van der Waals surface area (Å²) < 4.78 is 0. The first-order valence-corrected chi connectivity index (χ1v) is 8.85. The minimum Gasteiger partial charge on any atom is -0.353 e. The number of aromatic nitrogens is 1. The second-order valence-corrected chi connectivity index (χ2v) is 6.40. The number of allylic oxidation sites excluding steroid dienone is 3. The Morgan fingerprint density at radius 2 is 2.00 bits per heavy atom. The summed E-state index contributed by atoms with van der Waals surface area (Å²) in [6.07, 6.45) is 6.14. The number of nitro groups is 1. The van der Waals surface area contributed by atoms with Crippen LogP contribution in [0.1, 0.15) is 16.8 Å². The number of nitrogens with zero attached hydrogens (tertiary/aromatic N) is 3. The molecule has 0 spiro atoms. The van der Waals surface area contributed by atoms with Gasteiger partial charge < -0.3 is 4.98 Å². The van der Waals surface area contributed by atoms with Crippen LogP contribution in [0.2, 0.25) is 0 Å². The van der Waals surface area contributed by atoms with Gasteiger partial charge in [0.25, 0.3) is 5.69 Å². The van der Waals surface area contributed by atoms with Crippen LogP contribution in [0.25, 0.3) is 17.0 Å². The number of non-ortho nitro benzene ring substituents is 1. The van der Waals surface area contributed by atoms with E-state index in [1.54, 1.807) is 30.4 Å². The molecule has 1 aliphatic heterocycles. The number of nitrogens with one attached hydrogen (secondary N) is 1. The van der Waals surface area contributed by atoms with Crippen molar-refractivity contribution in [1.82, 2.24) is 4.98 Å². The number of nitro benzene ring substituents is 1. The molecule has 0 aliphatic carbocycles. The van der Waals surface area contributed by atoms with E-state index in [1.807, 2.05) is 18.2 Å². The third kappa shape index (κ3) is 3.21. The number of aliphatic imine (C=N–C) groups is 1. The highest BCUT2D eigenvalue weighted by Crippen LogP contribution is 2.28. The Hall–Kier alpha value is -3.98. The molecule has 2 aromatic carbocycles. The lowest BCUT2D eigenvalue weighted by Crippen LogP contribution is -2.14. The van der Waals surface area contributed by atoms with Crippen LogP contribution in [0.15, 0.2) is 71.2 Å². The van der Waals surface area contributed by atoms with Crippen molar-refractivity contribution in [1.29, 1.82) is 5.26 Å². The summed E-state index contributed by atoms with van der Waals surface area (Å²) in [5, 5.41) is 21.5. The number of fused-ring (bicyclic) bond motifs is 3. The largest absolute Gasteiger partial charge is 0.353 e. The first-order chi connectivity index (χ1) is 13.7. The highest BCUT2D eigenvalue weighted by atomic mass is 16.6. The number of benzene rings is 2. The number of nitriles is 1. The maximum Gasteiger partial charge on any atom is 0.269 e. The number of para-hydroxylation sites is 1. The standard InChI is InChI=1S/C22H16N4O2/c23-14-16(5-3-4-15-8-10-17(11-9-15)26(27)28)21-22-19(12-13-24-21)18-6-1-2-7-20(18)25-22/h1-11,25H,12-13H2/b4-3+,16-5+. The first kappa shape index (κ1) is 17.4. The Kier molecular flexibility index (Phi) is 4.56. The van der Waals surface area contributed by atoms with E-state index >= 15 is 0 Å². The van der Waals surface area contributed by atoms with Crippen molar-refractivity contribution in [2.75, 3.05) is 6.54 Å². The number of rotatable bonds is 4. The van der Waals surface area contributed by atoms with Crippen LogP contribution < -0.4 is 0 Å². The molecule has 2 heterocycles. The van der Waals surface area contributed by atoms with Gasteiger partial charge in [-0.05, 0) is 41.8 Å². The van der Waals surface area contributed by atoms with Gasteiger partial charge in [0.15, 0.2) is 0 Å². The predicted octanol–water partition coefficient (Wildman–Crippen LogP) is 4.58. The zero-order valence-corrected chi connectivity index (χ0v) is 14.9. The summed E-state index contributed by atoms with van der Waals surface area (Å²) >= 11 is 0. The average molecular weight is 368 g/mol. The van der Waals surface area contributed by atoms with Gasteiger partial charge in [-0.15, -0.1) is 0 Å². The number of aromatic amines is 1. The summed E-state index contributed by atoms with van der Waals surface area (Å²) in [6, 6.07) is 16.6. The van der Waals surface area contributed by atoms with Gasteiger partial charge >= 0.3 is 0 Å². The molecule has 1 aromatic heterocycles. The molecule has 6 nitrogen and oxygen atoms in total. The van der Waals surface area contributed by atoms with Gasteiger partial charge in [-0.3, -0.25) is 15.1 Å². The van der Waals surface area contributed by atoms with Crippen LogP contribution >= 0.6 is 0 Å². The minimum absolute atomic E-state index is 0.0494. The molecule has 0 saturated carbocycles. The Bertz CT molecular complexity index is 1190. The summed E-state index contributed by atoms with van der Waals surface area (Å²) in [7, 11) is 0. The monoisotopic (exact) mass is 368 g/mol. The van der Waals surface area contributed by atoms with Crippen molar-refractivity contribution in [2.24, 2.45) is 4.99 Å². The lowest BCUT2D eigenvalue weighted by molar-refractivity contribution is -0.384. The summed E-state index contributed by atoms with van der Waals surface area (Å²) in [6.45, 7) is 0.648. The highest BCUT2D eigenvalue weighted by Gasteiger charge is 2.21. The SMILES string of the molecule is N#C/C(=C\C=C\c1ccc([N+](=O)[O-])cc1)C1=NCCc2c1[nH]c1ccccc21. The molecule has 0 atom stereocenters. The van der Waals surface area contributed by atoms with Crippen LogP contribution in [0, 0.1) is 21.4 Å². The molecule has 1 aliphatic rings. The summed E-state index contributed by atoms with van der Waals surface area (Å²) in [5.41, 5.74) is 5.16. The fourth-order valence-electron chi connectivity index (χ4n) is 3.37. The van der Waals surface area contributed by atoms with Crippen molar-refractivity contribution in [3.05, 3.63) is 93.2 Å². The normalized spacial score (nSPS) is 14.0. The van der Waals surface area contributed by atoms with Crippen LogP contribution in [0.4, 0.5) is 5.69 Å². The summed E-state index contributed by atoms with van der Waals surface area (Å²) in [5.74, 6) is 0. The molecule has 0 bridgehead atoms. The Morgan fingerprint density at radius 3 is 2.75 bits per heavy atom. The molecule has 0 amide bonds. The smallest absolute Gasteiger partial charge is 0.269 e. The van der Waals surface area contributed by atoms with E-state index < -0.39 is 4.92 Å². The van der Waals surface area contributed by atoms with Gasteiger partial charge in [-0.2, -0.15) is 5.26 Å². The van der Waals surface area contributed by atoms with Crippen LogP contribution in [-0.4, -0.2) is 22.2 Å². The number of hydrogen-bond donors (Lipinski definition) is 1. The summed E-state index contributed by atoms with van der Waals surface area (Å²) in [4.78, 5) is 18.3. The average Bonchev–Trinajstić information content (AvgIpc) is 3.11. The van der Waals surface area contributed by atoms with Crippen LogP contribution in [0.3, 0.4) is 0 Å². The molecule has 1 N–H and O–H groups in total. The second-order valence-electron chi connectivity index (χ2n) is 6.40. The van der Waals surface area contributed by atoms with E-state index in [2.05, 4.69) is 22.1 Å². The lowest BCUT2D eigenvalue weighted by Gasteiger charge is -2.12. The Balaban J connectivity index is 1.63. The molecule has 28 heavy (non-hydrogen) atoms. The van der Waals surface area contributed by atoms with E-state index in [0.717, 1.165) is 23.2 Å². The number of hydrogen-bond acceptors (Lipinski definition) is 4. The van der Waals surface area contributed by atoms with Crippen LogP contribution in [-0.2, 0) is 6.42 Å². The van der Waals surface area contributed by atoms with E-state index in [1.165, 1.54) is 23.1 Å². The van der Waals surface area contributed by atoms with E-state index in [9.17, 15) is 15.4 Å². The van der Waals surface area contributed by atoms with Gasteiger partial charge in [-0.1, -0.05) is 30.4 Å². The predicted molar refractivity (Wildman–Crippen MR) is 109 cm³/mol. The molecule has 0 radical (unpaired) electrons. The van der Waals surface area contributed by atoms with E-state index in [4.69, 9.17) is 0 Å². The third-order valence-electron chi connectivity index (χ3n) is 4.71. The second kappa shape index (κ2) is 7.33. The topological polar surface area (TPSA) is 95.1 Å². The molecule has 0 unspecified atom stereocenters. The highest BCUT2D eigenvalue weighted by molar-refractivity contribution is 6.17. The molecular weight excluding hydrogens is 352 g/mol. The first-order valence-electron chi connectivity index (χ1n) is 8.85. The lowest BCUT2D eigenvalue weighted by atomic mass is 9.98. The Morgan fingerprint density at radius 1 is 1.21 bits per heavy atom. The van der Waals surface area contributed by atoms with Crippen molar-refractivity contribution in [3.63, 3.8) is 0 Å². The molecule has 0 fully saturated rings. The molecule has 136 valence electrons. The van der Waals surface area contributed by atoms with Gasteiger partial charge in [0.2, 0.25) is 0 Å². The van der Waals surface area contributed by atoms with Crippen molar-refractivity contribution in [2.45, 2.75) is 6.42 Å². The van der Waals surface area contributed by atoms with Crippen molar-refractivity contribution in [3.8, 4) is 6.07 Å². The zero-order valence-electron chi connectivity index (χ0n) is 14.9. The number of H-pyrrole nitrogens is 1.